The first-order valence-corrected chi connectivity index (χ1v) is 9.26. The first-order valence-electron chi connectivity index (χ1n) is 9.26. The van der Waals surface area contributed by atoms with Crippen molar-refractivity contribution in [3.8, 4) is 5.69 Å². The third-order valence-electron chi connectivity index (χ3n) is 4.99. The summed E-state index contributed by atoms with van der Waals surface area (Å²) in [4.78, 5) is 0. The van der Waals surface area contributed by atoms with Crippen LogP contribution in [0.5, 0.6) is 0 Å². The van der Waals surface area contributed by atoms with Crippen molar-refractivity contribution < 1.29 is 4.57 Å². The molecule has 0 unspecified atom stereocenters. The van der Waals surface area contributed by atoms with Crippen molar-refractivity contribution in [3.05, 3.63) is 83.9 Å². The zero-order valence-corrected chi connectivity index (χ0v) is 16.0. The topological polar surface area (TPSA) is 8.81 Å². The van der Waals surface area contributed by atoms with E-state index in [9.17, 15) is 0 Å². The van der Waals surface area contributed by atoms with E-state index in [1.54, 1.807) is 0 Å². The van der Waals surface area contributed by atoms with Gasteiger partial charge in [-0.3, -0.25) is 0 Å². The lowest BCUT2D eigenvalue weighted by Gasteiger charge is -2.16. The highest BCUT2D eigenvalue weighted by molar-refractivity contribution is 5.50. The predicted octanol–water partition coefficient (Wildman–Crippen LogP) is 5.62. The Balaban J connectivity index is 2.06. The molecule has 2 nitrogen and oxygen atoms in total. The van der Waals surface area contributed by atoms with E-state index in [0.29, 0.717) is 17.9 Å². The number of benzene rings is 2. The van der Waals surface area contributed by atoms with Gasteiger partial charge < -0.3 is 0 Å². The van der Waals surface area contributed by atoms with Crippen LogP contribution in [0, 0.1) is 0 Å². The van der Waals surface area contributed by atoms with Crippen molar-refractivity contribution in [1.29, 1.82) is 0 Å². The van der Waals surface area contributed by atoms with Gasteiger partial charge in [-0.15, -0.1) is 0 Å². The first-order chi connectivity index (χ1) is 12.0. The maximum Gasteiger partial charge on any atom is 0.249 e. The highest BCUT2D eigenvalue weighted by Crippen LogP contribution is 2.30. The lowest BCUT2D eigenvalue weighted by atomic mass is 9.92. The van der Waals surface area contributed by atoms with Crippen LogP contribution in [0.2, 0.25) is 0 Å². The average molecular weight is 333 g/mol. The standard InChI is InChI=1S/C23H29N2/c1-17(2)21-12-9-13-22(18(3)4)23(21)25-15-14-24(16-25)19(5)20-10-7-6-8-11-20/h6-19H,1-5H3/q+1/t19-/m0/s1. The van der Waals surface area contributed by atoms with Gasteiger partial charge in [-0.2, -0.15) is 0 Å². The van der Waals surface area contributed by atoms with Crippen LogP contribution in [0.25, 0.3) is 5.69 Å². The lowest BCUT2D eigenvalue weighted by Crippen LogP contribution is -2.36. The highest BCUT2D eigenvalue weighted by atomic mass is 15.1. The Morgan fingerprint density at radius 3 is 1.92 bits per heavy atom. The van der Waals surface area contributed by atoms with Crippen molar-refractivity contribution in [3.63, 3.8) is 0 Å². The molecule has 3 rings (SSSR count). The number of aromatic nitrogens is 2. The summed E-state index contributed by atoms with van der Waals surface area (Å²) in [5.74, 6) is 0.993. The molecular formula is C23H29N2+. The van der Waals surface area contributed by atoms with E-state index in [2.05, 4.69) is 111 Å². The molecule has 0 aliphatic carbocycles. The number of nitrogens with zero attached hydrogens (tertiary/aromatic N) is 2. The molecule has 0 aliphatic heterocycles. The Morgan fingerprint density at radius 2 is 1.36 bits per heavy atom. The van der Waals surface area contributed by atoms with E-state index < -0.39 is 0 Å². The minimum atomic E-state index is 0.316. The predicted molar refractivity (Wildman–Crippen MR) is 104 cm³/mol. The molecule has 0 bridgehead atoms. The Morgan fingerprint density at radius 1 is 0.760 bits per heavy atom. The molecule has 0 radical (unpaired) electrons. The van der Waals surface area contributed by atoms with Gasteiger partial charge in [0.2, 0.25) is 6.33 Å². The molecule has 1 heterocycles. The van der Waals surface area contributed by atoms with Crippen molar-refractivity contribution in [1.82, 2.24) is 4.57 Å². The van der Waals surface area contributed by atoms with Gasteiger partial charge in [0.25, 0.3) is 0 Å². The number of imidazole rings is 1. The third kappa shape index (κ3) is 3.53. The summed E-state index contributed by atoms with van der Waals surface area (Å²) in [6.45, 7) is 11.3. The molecule has 0 amide bonds. The summed E-state index contributed by atoms with van der Waals surface area (Å²) >= 11 is 0. The van der Waals surface area contributed by atoms with Crippen LogP contribution in [0.1, 0.15) is 69.2 Å². The molecule has 2 aromatic carbocycles. The molecule has 0 saturated heterocycles. The van der Waals surface area contributed by atoms with Gasteiger partial charge in [0.1, 0.15) is 24.1 Å². The van der Waals surface area contributed by atoms with Crippen molar-refractivity contribution in [2.75, 3.05) is 0 Å². The Hall–Kier alpha value is -2.35. The summed E-state index contributed by atoms with van der Waals surface area (Å²) in [5.41, 5.74) is 5.47. The first kappa shape index (κ1) is 17.5. The number of para-hydroxylation sites is 1. The Labute approximate surface area is 151 Å². The maximum atomic E-state index is 2.30. The highest BCUT2D eigenvalue weighted by Gasteiger charge is 2.21. The largest absolute Gasteiger partial charge is 0.249 e. The van der Waals surface area contributed by atoms with E-state index in [0.717, 1.165) is 0 Å². The van der Waals surface area contributed by atoms with Crippen molar-refractivity contribution >= 4 is 0 Å². The van der Waals surface area contributed by atoms with Crippen LogP contribution in [0.3, 0.4) is 0 Å². The summed E-state index contributed by atoms with van der Waals surface area (Å²) < 4.78 is 4.58. The fourth-order valence-corrected chi connectivity index (χ4v) is 3.44. The molecule has 0 N–H and O–H groups in total. The van der Waals surface area contributed by atoms with Crippen LogP contribution >= 0.6 is 0 Å². The number of hydrogen-bond donors (Lipinski definition) is 0. The molecule has 0 fully saturated rings. The zero-order valence-electron chi connectivity index (χ0n) is 16.0. The lowest BCUT2D eigenvalue weighted by molar-refractivity contribution is -0.709. The van der Waals surface area contributed by atoms with Crippen molar-refractivity contribution in [2.24, 2.45) is 0 Å². The van der Waals surface area contributed by atoms with Crippen LogP contribution in [0.4, 0.5) is 0 Å². The van der Waals surface area contributed by atoms with Crippen LogP contribution in [-0.2, 0) is 0 Å². The van der Waals surface area contributed by atoms with Crippen molar-refractivity contribution in [2.45, 2.75) is 52.5 Å². The quantitative estimate of drug-likeness (QED) is 0.536. The molecule has 0 spiro atoms. The van der Waals surface area contributed by atoms with Gasteiger partial charge in [0.15, 0.2) is 0 Å². The molecule has 130 valence electrons. The third-order valence-corrected chi connectivity index (χ3v) is 4.99. The molecule has 0 saturated carbocycles. The summed E-state index contributed by atoms with van der Waals surface area (Å²) in [6, 6.07) is 17.7. The van der Waals surface area contributed by atoms with Crippen LogP contribution < -0.4 is 4.57 Å². The molecule has 1 aromatic heterocycles. The van der Waals surface area contributed by atoms with Gasteiger partial charge in [-0.1, -0.05) is 76.2 Å². The smallest absolute Gasteiger partial charge is 0.230 e. The minimum absolute atomic E-state index is 0.316. The Bertz CT molecular complexity index is 802. The van der Waals surface area contributed by atoms with E-state index in [4.69, 9.17) is 0 Å². The van der Waals surface area contributed by atoms with E-state index in [1.807, 2.05) is 0 Å². The molecule has 25 heavy (non-hydrogen) atoms. The fourth-order valence-electron chi connectivity index (χ4n) is 3.44. The molecule has 0 aliphatic rings. The monoisotopic (exact) mass is 333 g/mol. The summed E-state index contributed by atoms with van der Waals surface area (Å²) in [7, 11) is 0. The Kier molecular flexibility index (Phi) is 5.08. The maximum absolute atomic E-state index is 2.30. The molecular weight excluding hydrogens is 304 g/mol. The van der Waals surface area contributed by atoms with E-state index in [-0.39, 0.29) is 0 Å². The summed E-state index contributed by atoms with van der Waals surface area (Å²) in [6.07, 6.45) is 6.59. The van der Waals surface area contributed by atoms with E-state index >= 15 is 0 Å². The minimum Gasteiger partial charge on any atom is -0.230 e. The second kappa shape index (κ2) is 7.26. The molecule has 3 aromatic rings. The second-order valence-corrected chi connectivity index (χ2v) is 7.45. The fraction of sp³-hybridized carbons (Fsp3) is 0.348. The normalized spacial score (nSPS) is 12.8. The van der Waals surface area contributed by atoms with Gasteiger partial charge in [-0.05, 0) is 24.3 Å². The number of hydrogen-bond acceptors (Lipinski definition) is 0. The molecule has 1 atom stereocenters. The number of rotatable bonds is 5. The second-order valence-electron chi connectivity index (χ2n) is 7.45. The van der Waals surface area contributed by atoms with Gasteiger partial charge >= 0.3 is 0 Å². The van der Waals surface area contributed by atoms with E-state index in [1.165, 1.54) is 22.4 Å². The zero-order chi connectivity index (χ0) is 18.0. The van der Waals surface area contributed by atoms with Gasteiger partial charge in [0.05, 0.1) is 0 Å². The van der Waals surface area contributed by atoms with Crippen LogP contribution in [0.15, 0.2) is 67.3 Å². The average Bonchev–Trinajstić information content (AvgIpc) is 3.10. The molecule has 2 heteroatoms. The van der Waals surface area contributed by atoms with Gasteiger partial charge in [0, 0.05) is 11.1 Å². The SMILES string of the molecule is CC(C)c1cccc(C(C)C)c1-n1cc[n+]([C@@H](C)c2ccccc2)c1. The summed E-state index contributed by atoms with van der Waals surface area (Å²) in [5, 5.41) is 0. The van der Waals surface area contributed by atoms with Crippen LogP contribution in [-0.4, -0.2) is 4.57 Å². The van der Waals surface area contributed by atoms with Gasteiger partial charge in [-0.25, -0.2) is 9.13 Å².